The van der Waals surface area contributed by atoms with Gasteiger partial charge in [-0.2, -0.15) is 0 Å². The third-order valence-electron chi connectivity index (χ3n) is 2.99. The van der Waals surface area contributed by atoms with Gasteiger partial charge in [-0.15, -0.1) is 0 Å². The molecule has 2 nitrogen and oxygen atoms in total. The summed E-state index contributed by atoms with van der Waals surface area (Å²) in [6.45, 7) is 3.99. The van der Waals surface area contributed by atoms with Crippen LogP contribution in [0.2, 0.25) is 0 Å². The number of nitrogens with two attached hydrogens (primary N) is 1. The Morgan fingerprint density at radius 1 is 1.47 bits per heavy atom. The maximum atomic E-state index is 13.8. The maximum absolute atomic E-state index is 13.8. The Labute approximate surface area is 110 Å². The second-order valence-electron chi connectivity index (χ2n) is 4.75. The maximum Gasteiger partial charge on any atom is 0.142 e. The number of halogens is 2. The van der Waals surface area contributed by atoms with Crippen molar-refractivity contribution in [3.8, 4) is 0 Å². The van der Waals surface area contributed by atoms with Crippen molar-refractivity contribution in [3.63, 3.8) is 0 Å². The average molecular weight is 304 g/mol. The molecule has 0 spiro atoms. The summed E-state index contributed by atoms with van der Waals surface area (Å²) in [5, 5.41) is 0. The lowest BCUT2D eigenvalue weighted by Gasteiger charge is -2.24. The topological polar surface area (TPSA) is 35.2 Å². The summed E-state index contributed by atoms with van der Waals surface area (Å²) in [6, 6.07) is 4.89. The first kappa shape index (κ1) is 14.6. The molecule has 4 heteroatoms. The van der Waals surface area contributed by atoms with E-state index in [-0.39, 0.29) is 17.5 Å². The third kappa shape index (κ3) is 4.05. The van der Waals surface area contributed by atoms with E-state index in [1.807, 2.05) is 13.8 Å². The molecule has 0 fully saturated rings. The molecular formula is C13H19BrFNO. The fourth-order valence-corrected chi connectivity index (χ4v) is 1.95. The number of hydrogen-bond acceptors (Lipinski definition) is 2. The van der Waals surface area contributed by atoms with Crippen molar-refractivity contribution in [2.75, 3.05) is 7.11 Å². The SMILES string of the molecule is COC(C)(C)CCC(N)c1cccc(Br)c1F. The number of hydrogen-bond donors (Lipinski definition) is 1. The van der Waals surface area contributed by atoms with Gasteiger partial charge in [0.2, 0.25) is 0 Å². The summed E-state index contributed by atoms with van der Waals surface area (Å²) in [5.74, 6) is -0.268. The van der Waals surface area contributed by atoms with Gasteiger partial charge in [-0.25, -0.2) is 4.39 Å². The highest BCUT2D eigenvalue weighted by Crippen LogP contribution is 2.27. The first-order valence-corrected chi connectivity index (χ1v) is 6.41. The first-order valence-electron chi connectivity index (χ1n) is 5.62. The van der Waals surface area contributed by atoms with Crippen LogP contribution in [0.25, 0.3) is 0 Å². The Balaban J connectivity index is 2.71. The molecule has 2 N–H and O–H groups in total. The molecule has 0 aliphatic carbocycles. The fraction of sp³-hybridized carbons (Fsp3) is 0.538. The molecule has 0 amide bonds. The fourth-order valence-electron chi connectivity index (χ4n) is 1.57. The van der Waals surface area contributed by atoms with Crippen molar-refractivity contribution < 1.29 is 9.13 Å². The van der Waals surface area contributed by atoms with E-state index in [1.54, 1.807) is 25.3 Å². The molecule has 96 valence electrons. The van der Waals surface area contributed by atoms with Crippen LogP contribution in [-0.4, -0.2) is 12.7 Å². The molecule has 1 unspecified atom stereocenters. The van der Waals surface area contributed by atoms with Gasteiger partial charge in [0.15, 0.2) is 0 Å². The third-order valence-corrected chi connectivity index (χ3v) is 3.60. The van der Waals surface area contributed by atoms with Crippen LogP contribution < -0.4 is 5.73 Å². The molecular weight excluding hydrogens is 285 g/mol. The van der Waals surface area contributed by atoms with E-state index < -0.39 is 0 Å². The zero-order valence-corrected chi connectivity index (χ0v) is 12.1. The van der Waals surface area contributed by atoms with Crippen molar-refractivity contribution in [1.82, 2.24) is 0 Å². The van der Waals surface area contributed by atoms with Crippen LogP contribution in [0.5, 0.6) is 0 Å². The van der Waals surface area contributed by atoms with Gasteiger partial charge < -0.3 is 10.5 Å². The van der Waals surface area contributed by atoms with Crippen LogP contribution in [-0.2, 0) is 4.74 Å². The van der Waals surface area contributed by atoms with E-state index in [0.717, 1.165) is 6.42 Å². The molecule has 1 aromatic carbocycles. The summed E-state index contributed by atoms with van der Waals surface area (Å²) in [7, 11) is 1.67. The highest BCUT2D eigenvalue weighted by atomic mass is 79.9. The lowest BCUT2D eigenvalue weighted by Crippen LogP contribution is -2.25. The number of benzene rings is 1. The predicted octanol–water partition coefficient (Wildman–Crippen LogP) is 3.79. The minimum Gasteiger partial charge on any atom is -0.379 e. The van der Waals surface area contributed by atoms with E-state index in [4.69, 9.17) is 10.5 Å². The molecule has 1 atom stereocenters. The van der Waals surface area contributed by atoms with Gasteiger partial charge in [-0.05, 0) is 48.7 Å². The summed E-state index contributed by atoms with van der Waals surface area (Å²) in [6.07, 6.45) is 1.48. The smallest absolute Gasteiger partial charge is 0.142 e. The van der Waals surface area contributed by atoms with Crippen molar-refractivity contribution in [2.24, 2.45) is 5.73 Å². The van der Waals surface area contributed by atoms with Crippen molar-refractivity contribution in [3.05, 3.63) is 34.1 Å². The molecule has 1 rings (SSSR count). The highest BCUT2D eigenvalue weighted by Gasteiger charge is 2.20. The summed E-state index contributed by atoms with van der Waals surface area (Å²) >= 11 is 3.16. The molecule has 0 heterocycles. The van der Waals surface area contributed by atoms with Gasteiger partial charge in [-0.3, -0.25) is 0 Å². The van der Waals surface area contributed by atoms with E-state index in [2.05, 4.69) is 15.9 Å². The second-order valence-corrected chi connectivity index (χ2v) is 5.61. The van der Waals surface area contributed by atoms with E-state index >= 15 is 0 Å². The minimum absolute atomic E-state index is 0.222. The van der Waals surface area contributed by atoms with E-state index in [1.165, 1.54) is 0 Å². The van der Waals surface area contributed by atoms with Gasteiger partial charge >= 0.3 is 0 Å². The molecule has 0 saturated carbocycles. The monoisotopic (exact) mass is 303 g/mol. The van der Waals surface area contributed by atoms with E-state index in [9.17, 15) is 4.39 Å². The van der Waals surface area contributed by atoms with E-state index in [0.29, 0.717) is 16.5 Å². The number of ether oxygens (including phenoxy) is 1. The quantitative estimate of drug-likeness (QED) is 0.898. The normalized spacial score (nSPS) is 13.8. The van der Waals surface area contributed by atoms with Gasteiger partial charge in [-0.1, -0.05) is 12.1 Å². The molecule has 1 aromatic rings. The van der Waals surface area contributed by atoms with Gasteiger partial charge in [0.05, 0.1) is 10.1 Å². The van der Waals surface area contributed by atoms with Crippen LogP contribution in [0, 0.1) is 5.82 Å². The Bertz CT molecular complexity index is 382. The Morgan fingerprint density at radius 2 is 2.12 bits per heavy atom. The van der Waals surface area contributed by atoms with Crippen LogP contribution in [0.15, 0.2) is 22.7 Å². The predicted molar refractivity (Wildman–Crippen MR) is 71.4 cm³/mol. The largest absolute Gasteiger partial charge is 0.379 e. The van der Waals surface area contributed by atoms with Crippen LogP contribution in [0.1, 0.15) is 38.3 Å². The van der Waals surface area contributed by atoms with Gasteiger partial charge in [0.1, 0.15) is 5.82 Å². The van der Waals surface area contributed by atoms with Gasteiger partial charge in [0, 0.05) is 18.7 Å². The zero-order chi connectivity index (χ0) is 13.1. The van der Waals surface area contributed by atoms with Crippen LogP contribution in [0.3, 0.4) is 0 Å². The Hall–Kier alpha value is -0.450. The lowest BCUT2D eigenvalue weighted by atomic mass is 9.95. The highest BCUT2D eigenvalue weighted by molar-refractivity contribution is 9.10. The van der Waals surface area contributed by atoms with Crippen LogP contribution in [0.4, 0.5) is 4.39 Å². The summed E-state index contributed by atoms with van der Waals surface area (Å²) < 4.78 is 19.6. The van der Waals surface area contributed by atoms with Crippen molar-refractivity contribution in [2.45, 2.75) is 38.3 Å². The summed E-state index contributed by atoms with van der Waals surface area (Å²) in [4.78, 5) is 0. The number of rotatable bonds is 5. The Kier molecular flexibility index (Phi) is 5.10. The molecule has 0 saturated heterocycles. The molecule has 0 aliphatic rings. The second kappa shape index (κ2) is 5.94. The standard InChI is InChI=1S/C13H19BrFNO/c1-13(2,17-3)8-7-11(16)9-5-4-6-10(14)12(9)15/h4-6,11H,7-8,16H2,1-3H3. The first-order chi connectivity index (χ1) is 7.87. The Morgan fingerprint density at radius 3 is 2.71 bits per heavy atom. The molecule has 0 radical (unpaired) electrons. The molecule has 0 aromatic heterocycles. The lowest BCUT2D eigenvalue weighted by molar-refractivity contribution is 0.0124. The molecule has 17 heavy (non-hydrogen) atoms. The molecule has 0 aliphatic heterocycles. The van der Waals surface area contributed by atoms with Gasteiger partial charge in [0.25, 0.3) is 0 Å². The zero-order valence-electron chi connectivity index (χ0n) is 10.5. The average Bonchev–Trinajstić information content (AvgIpc) is 2.30. The van der Waals surface area contributed by atoms with Crippen molar-refractivity contribution in [1.29, 1.82) is 0 Å². The summed E-state index contributed by atoms with van der Waals surface area (Å²) in [5.41, 5.74) is 6.34. The molecule has 0 bridgehead atoms. The number of methoxy groups -OCH3 is 1. The minimum atomic E-state index is -0.304. The van der Waals surface area contributed by atoms with Crippen LogP contribution >= 0.6 is 15.9 Å². The van der Waals surface area contributed by atoms with Crippen molar-refractivity contribution >= 4 is 15.9 Å².